The Kier molecular flexibility index (Phi) is 4.98. The molecular weight excluding hydrogens is 332 g/mol. The number of rotatable bonds is 5. The summed E-state index contributed by atoms with van der Waals surface area (Å²) in [6.07, 6.45) is 0.451. The first kappa shape index (κ1) is 17.2. The van der Waals surface area contributed by atoms with Gasteiger partial charge >= 0.3 is 0 Å². The van der Waals surface area contributed by atoms with Crippen molar-refractivity contribution in [2.75, 3.05) is 19.5 Å². The Morgan fingerprint density at radius 3 is 2.65 bits per heavy atom. The lowest BCUT2D eigenvalue weighted by Gasteiger charge is -2.14. The average Bonchev–Trinajstić information content (AvgIpc) is 2.67. The quantitative estimate of drug-likeness (QED) is 0.373. The van der Waals surface area contributed by atoms with Crippen molar-refractivity contribution in [3.8, 4) is 22.8 Å². The smallest absolute Gasteiger partial charge is 0.213 e. The Morgan fingerprint density at radius 2 is 1.92 bits per heavy atom. The van der Waals surface area contributed by atoms with Crippen LogP contribution in [0.15, 0.2) is 48.5 Å². The first-order valence-corrected chi connectivity index (χ1v) is 7.84. The highest BCUT2D eigenvalue weighted by atomic mass is 16.5. The molecule has 0 radical (unpaired) electrons. The lowest BCUT2D eigenvalue weighted by Crippen LogP contribution is -2.28. The number of hydrogen-bond acceptors (Lipinski definition) is 5. The normalized spacial score (nSPS) is 10.2. The fourth-order valence-electron chi connectivity index (χ4n) is 2.66. The zero-order valence-corrected chi connectivity index (χ0v) is 14.4. The van der Waals surface area contributed by atoms with Gasteiger partial charge in [-0.2, -0.15) is 0 Å². The van der Waals surface area contributed by atoms with E-state index in [1.54, 1.807) is 20.3 Å². The van der Waals surface area contributed by atoms with Gasteiger partial charge in [0.25, 0.3) is 0 Å². The Bertz CT molecular complexity index is 972. The number of benzene rings is 2. The van der Waals surface area contributed by atoms with Crippen LogP contribution in [0.2, 0.25) is 0 Å². The maximum atomic E-state index is 10.6. The molecule has 0 spiro atoms. The minimum atomic E-state index is -0.121. The molecule has 1 heterocycles. The van der Waals surface area contributed by atoms with Crippen LogP contribution in [0.4, 0.5) is 5.69 Å². The van der Waals surface area contributed by atoms with E-state index in [0.717, 1.165) is 16.5 Å². The number of amides is 1. The third-order valence-electron chi connectivity index (χ3n) is 3.86. The number of guanidine groups is 1. The standard InChI is InChI=1S/C19H18N4O3/c1-25-12-7-8-14(18(9-12)26-2)17-10-16(23-19(20)21-11-24)13-5-3-4-6-15(13)22-17/h3-11H,1-2H3,(H3,20,21,22,23,24). The van der Waals surface area contributed by atoms with Crippen LogP contribution in [0, 0.1) is 5.41 Å². The minimum absolute atomic E-state index is 0.121. The van der Waals surface area contributed by atoms with Crippen LogP contribution >= 0.6 is 0 Å². The molecule has 1 amide bonds. The monoisotopic (exact) mass is 350 g/mol. The molecule has 7 heteroatoms. The zero-order chi connectivity index (χ0) is 18.5. The molecule has 3 rings (SSSR count). The highest BCUT2D eigenvalue weighted by molar-refractivity contribution is 6.04. The fourth-order valence-corrected chi connectivity index (χ4v) is 2.66. The number of para-hydroxylation sites is 1. The number of hydrogen-bond donors (Lipinski definition) is 3. The Labute approximate surface area is 150 Å². The van der Waals surface area contributed by atoms with Crippen molar-refractivity contribution >= 4 is 29.0 Å². The third-order valence-corrected chi connectivity index (χ3v) is 3.86. The van der Waals surface area contributed by atoms with Crippen molar-refractivity contribution in [3.63, 3.8) is 0 Å². The van der Waals surface area contributed by atoms with Gasteiger partial charge in [-0.15, -0.1) is 0 Å². The number of carbonyl (C=O) groups is 1. The van der Waals surface area contributed by atoms with Crippen LogP contribution in [-0.4, -0.2) is 31.6 Å². The second kappa shape index (κ2) is 7.52. The molecule has 0 fully saturated rings. The molecule has 7 nitrogen and oxygen atoms in total. The van der Waals surface area contributed by atoms with Crippen LogP contribution in [0.5, 0.6) is 11.5 Å². The first-order valence-electron chi connectivity index (χ1n) is 7.84. The average molecular weight is 350 g/mol. The molecule has 0 saturated heterocycles. The molecule has 132 valence electrons. The van der Waals surface area contributed by atoms with Crippen molar-refractivity contribution < 1.29 is 14.3 Å². The van der Waals surface area contributed by atoms with Gasteiger partial charge in [0.05, 0.1) is 31.1 Å². The van der Waals surface area contributed by atoms with Gasteiger partial charge in [-0.1, -0.05) is 18.2 Å². The van der Waals surface area contributed by atoms with E-state index in [-0.39, 0.29) is 5.96 Å². The minimum Gasteiger partial charge on any atom is -0.497 e. The van der Waals surface area contributed by atoms with Gasteiger partial charge in [-0.25, -0.2) is 4.98 Å². The summed E-state index contributed by atoms with van der Waals surface area (Å²) in [6.45, 7) is 0. The van der Waals surface area contributed by atoms with Crippen LogP contribution < -0.4 is 20.1 Å². The summed E-state index contributed by atoms with van der Waals surface area (Å²) in [7, 11) is 3.18. The fraction of sp³-hybridized carbons (Fsp3) is 0.105. The van der Waals surface area contributed by atoms with Crippen molar-refractivity contribution in [1.82, 2.24) is 10.3 Å². The molecule has 0 aliphatic heterocycles. The number of anilines is 1. The highest BCUT2D eigenvalue weighted by Crippen LogP contribution is 2.35. The number of methoxy groups -OCH3 is 2. The van der Waals surface area contributed by atoms with E-state index in [1.807, 2.05) is 42.5 Å². The Balaban J connectivity index is 2.15. The summed E-state index contributed by atoms with van der Waals surface area (Å²) in [5.41, 5.74) is 2.87. The Morgan fingerprint density at radius 1 is 1.12 bits per heavy atom. The summed E-state index contributed by atoms with van der Waals surface area (Å²) in [4.78, 5) is 15.3. The summed E-state index contributed by atoms with van der Waals surface area (Å²) >= 11 is 0. The van der Waals surface area contributed by atoms with Gasteiger partial charge in [-0.05, 0) is 24.3 Å². The van der Waals surface area contributed by atoms with Crippen molar-refractivity contribution in [1.29, 1.82) is 5.41 Å². The third kappa shape index (κ3) is 3.41. The van der Waals surface area contributed by atoms with E-state index in [4.69, 9.17) is 19.9 Å². The van der Waals surface area contributed by atoms with E-state index in [9.17, 15) is 4.79 Å². The maximum Gasteiger partial charge on any atom is 0.213 e. The number of nitrogens with zero attached hydrogens (tertiary/aromatic N) is 1. The maximum absolute atomic E-state index is 10.6. The summed E-state index contributed by atoms with van der Waals surface area (Å²) < 4.78 is 10.7. The van der Waals surface area contributed by atoms with Crippen LogP contribution in [0.3, 0.4) is 0 Å². The van der Waals surface area contributed by atoms with Gasteiger partial charge in [-0.3, -0.25) is 15.5 Å². The van der Waals surface area contributed by atoms with E-state index in [1.165, 1.54) is 0 Å². The van der Waals surface area contributed by atoms with E-state index in [2.05, 4.69) is 10.6 Å². The molecule has 0 unspecified atom stereocenters. The van der Waals surface area contributed by atoms with Gasteiger partial charge in [0.2, 0.25) is 6.41 Å². The second-order valence-corrected chi connectivity index (χ2v) is 5.40. The molecule has 3 aromatic rings. The SMILES string of the molecule is COc1ccc(-c2cc(NC(=N)NC=O)c3ccccc3n2)c(OC)c1. The number of nitrogens with one attached hydrogen (secondary N) is 3. The molecule has 1 aromatic heterocycles. The Hall–Kier alpha value is -3.61. The molecule has 0 bridgehead atoms. The topological polar surface area (TPSA) is 96.3 Å². The predicted octanol–water partition coefficient (Wildman–Crippen LogP) is 3.01. The number of fused-ring (bicyclic) bond motifs is 1. The molecule has 0 atom stereocenters. The molecule has 0 aliphatic rings. The molecule has 3 N–H and O–H groups in total. The molecule has 2 aromatic carbocycles. The number of aromatic nitrogens is 1. The first-order chi connectivity index (χ1) is 12.7. The van der Waals surface area contributed by atoms with E-state index < -0.39 is 0 Å². The molecule has 26 heavy (non-hydrogen) atoms. The van der Waals surface area contributed by atoms with Gasteiger partial charge in [0.15, 0.2) is 5.96 Å². The summed E-state index contributed by atoms with van der Waals surface area (Å²) in [5, 5.41) is 13.8. The van der Waals surface area contributed by atoms with Crippen LogP contribution in [-0.2, 0) is 4.79 Å². The van der Waals surface area contributed by atoms with Crippen LogP contribution in [0.1, 0.15) is 0 Å². The van der Waals surface area contributed by atoms with Gasteiger partial charge in [0.1, 0.15) is 11.5 Å². The van der Waals surface area contributed by atoms with E-state index in [0.29, 0.717) is 29.3 Å². The van der Waals surface area contributed by atoms with Crippen molar-refractivity contribution in [2.45, 2.75) is 0 Å². The summed E-state index contributed by atoms with van der Waals surface area (Å²) in [6, 6.07) is 14.9. The predicted molar refractivity (Wildman–Crippen MR) is 101 cm³/mol. The summed E-state index contributed by atoms with van der Waals surface area (Å²) in [5.74, 6) is 1.19. The molecular formula is C19H18N4O3. The largest absolute Gasteiger partial charge is 0.497 e. The molecule has 0 saturated carbocycles. The number of pyridine rings is 1. The van der Waals surface area contributed by atoms with Gasteiger partial charge < -0.3 is 14.8 Å². The van der Waals surface area contributed by atoms with E-state index >= 15 is 0 Å². The number of carbonyl (C=O) groups excluding carboxylic acids is 1. The number of ether oxygens (including phenoxy) is 2. The van der Waals surface area contributed by atoms with Crippen LogP contribution in [0.25, 0.3) is 22.2 Å². The lowest BCUT2D eigenvalue weighted by molar-refractivity contribution is -0.108. The van der Waals surface area contributed by atoms with Crippen molar-refractivity contribution in [3.05, 3.63) is 48.5 Å². The second-order valence-electron chi connectivity index (χ2n) is 5.40. The lowest BCUT2D eigenvalue weighted by atomic mass is 10.1. The van der Waals surface area contributed by atoms with Crippen molar-refractivity contribution in [2.24, 2.45) is 0 Å². The highest BCUT2D eigenvalue weighted by Gasteiger charge is 2.13. The zero-order valence-electron chi connectivity index (χ0n) is 14.4. The molecule has 0 aliphatic carbocycles. The van der Waals surface area contributed by atoms with Gasteiger partial charge in [0, 0.05) is 17.0 Å².